The molecule has 0 spiro atoms. The molecule has 1 aliphatic rings. The van der Waals surface area contributed by atoms with E-state index in [9.17, 15) is 0 Å². The van der Waals surface area contributed by atoms with Crippen LogP contribution in [0.4, 0.5) is 0 Å². The Balaban J connectivity index is 2.61. The molecule has 0 aromatic carbocycles. The molecule has 1 rings (SSSR count). The van der Waals surface area contributed by atoms with E-state index in [0.29, 0.717) is 12.1 Å². The smallest absolute Gasteiger partial charge is 0.0186 e. The van der Waals surface area contributed by atoms with E-state index in [-0.39, 0.29) is 0 Å². The number of thioether (sulfide) groups is 1. The summed E-state index contributed by atoms with van der Waals surface area (Å²) >= 11 is 1.98. The van der Waals surface area contributed by atoms with Gasteiger partial charge >= 0.3 is 0 Å². The molecule has 0 aliphatic carbocycles. The van der Waals surface area contributed by atoms with Gasteiger partial charge in [0, 0.05) is 30.4 Å². The van der Waals surface area contributed by atoms with Gasteiger partial charge in [-0.3, -0.25) is 4.90 Å². The minimum absolute atomic E-state index is 0.707. The summed E-state index contributed by atoms with van der Waals surface area (Å²) in [7, 11) is 2.10. The highest BCUT2D eigenvalue weighted by molar-refractivity contribution is 7.98. The highest BCUT2D eigenvalue weighted by Crippen LogP contribution is 2.27. The van der Waals surface area contributed by atoms with Gasteiger partial charge in [-0.2, -0.15) is 11.8 Å². The van der Waals surface area contributed by atoms with Crippen molar-refractivity contribution < 1.29 is 0 Å². The largest absolute Gasteiger partial charge is 0.317 e. The molecule has 2 nitrogen and oxygen atoms in total. The zero-order valence-electron chi connectivity index (χ0n) is 11.5. The Labute approximate surface area is 106 Å². The Kier molecular flexibility index (Phi) is 6.16. The molecule has 0 saturated carbocycles. The number of likely N-dealkylation sites (tertiary alicyclic amines) is 1. The Morgan fingerprint density at radius 1 is 1.44 bits per heavy atom. The van der Waals surface area contributed by atoms with Crippen LogP contribution in [-0.4, -0.2) is 48.6 Å². The van der Waals surface area contributed by atoms with Crippen LogP contribution in [-0.2, 0) is 0 Å². The van der Waals surface area contributed by atoms with Gasteiger partial charge in [0.1, 0.15) is 0 Å². The molecule has 3 heteroatoms. The van der Waals surface area contributed by atoms with E-state index in [4.69, 9.17) is 0 Å². The van der Waals surface area contributed by atoms with Gasteiger partial charge < -0.3 is 5.32 Å². The quantitative estimate of drug-likeness (QED) is 0.800. The van der Waals surface area contributed by atoms with Gasteiger partial charge in [0.15, 0.2) is 0 Å². The topological polar surface area (TPSA) is 15.3 Å². The maximum absolute atomic E-state index is 3.46. The zero-order chi connectivity index (χ0) is 12.1. The molecule has 0 bridgehead atoms. The first-order valence-corrected chi connectivity index (χ1v) is 7.97. The predicted octanol–water partition coefficient (Wildman–Crippen LogP) is 2.45. The minimum atomic E-state index is 0.707. The SMILES string of the molecule is CCC(CSC)N1CCC(NC)C(C)C1C. The summed E-state index contributed by atoms with van der Waals surface area (Å²) in [5.41, 5.74) is 0. The number of hydrogen-bond donors (Lipinski definition) is 1. The van der Waals surface area contributed by atoms with Crippen LogP contribution in [0.3, 0.4) is 0 Å². The van der Waals surface area contributed by atoms with Crippen LogP contribution in [0.5, 0.6) is 0 Å². The third-order valence-corrected chi connectivity index (χ3v) is 5.01. The minimum Gasteiger partial charge on any atom is -0.317 e. The van der Waals surface area contributed by atoms with E-state index in [1.807, 2.05) is 11.8 Å². The van der Waals surface area contributed by atoms with E-state index in [2.05, 4.69) is 44.3 Å². The molecule has 0 amide bonds. The number of piperidine rings is 1. The normalized spacial score (nSPS) is 33.9. The van der Waals surface area contributed by atoms with Gasteiger partial charge in [-0.05, 0) is 39.0 Å². The van der Waals surface area contributed by atoms with Crippen molar-refractivity contribution >= 4 is 11.8 Å². The molecule has 1 fully saturated rings. The fourth-order valence-electron chi connectivity index (χ4n) is 2.96. The third kappa shape index (κ3) is 3.14. The monoisotopic (exact) mass is 244 g/mol. The summed E-state index contributed by atoms with van der Waals surface area (Å²) in [5.74, 6) is 2.03. The molecule has 96 valence electrons. The Morgan fingerprint density at radius 3 is 2.62 bits per heavy atom. The van der Waals surface area contributed by atoms with Gasteiger partial charge in [0.05, 0.1) is 0 Å². The van der Waals surface area contributed by atoms with Crippen LogP contribution in [0, 0.1) is 5.92 Å². The molecule has 4 atom stereocenters. The van der Waals surface area contributed by atoms with E-state index >= 15 is 0 Å². The van der Waals surface area contributed by atoms with Gasteiger partial charge in [-0.25, -0.2) is 0 Å². The number of hydrogen-bond acceptors (Lipinski definition) is 3. The molecular formula is C13H28N2S. The molecule has 1 aliphatic heterocycles. The lowest BCUT2D eigenvalue weighted by Crippen LogP contribution is -2.56. The molecule has 0 aromatic rings. The van der Waals surface area contributed by atoms with E-state index in [1.165, 1.54) is 25.1 Å². The van der Waals surface area contributed by atoms with Crippen LogP contribution in [0.15, 0.2) is 0 Å². The zero-order valence-corrected chi connectivity index (χ0v) is 12.3. The van der Waals surface area contributed by atoms with Crippen molar-refractivity contribution in [3.63, 3.8) is 0 Å². The summed E-state index contributed by atoms with van der Waals surface area (Å²) in [6.07, 6.45) is 4.80. The molecule has 1 saturated heterocycles. The lowest BCUT2D eigenvalue weighted by molar-refractivity contribution is 0.0553. The van der Waals surface area contributed by atoms with Gasteiger partial charge in [0.25, 0.3) is 0 Å². The summed E-state index contributed by atoms with van der Waals surface area (Å²) in [6, 6.07) is 2.19. The Morgan fingerprint density at radius 2 is 2.12 bits per heavy atom. The lowest BCUT2D eigenvalue weighted by atomic mass is 9.86. The molecule has 0 aromatic heterocycles. The van der Waals surface area contributed by atoms with Crippen LogP contribution in [0.1, 0.15) is 33.6 Å². The standard InChI is InChI=1S/C13H28N2S/c1-6-12(9-16-5)15-8-7-13(14-4)10(2)11(15)3/h10-14H,6-9H2,1-5H3. The summed E-state index contributed by atoms with van der Waals surface area (Å²) in [5, 5.41) is 3.46. The second-order valence-electron chi connectivity index (χ2n) is 5.04. The van der Waals surface area contributed by atoms with Crippen molar-refractivity contribution in [1.82, 2.24) is 10.2 Å². The third-order valence-electron chi connectivity index (χ3n) is 4.29. The van der Waals surface area contributed by atoms with Crippen molar-refractivity contribution in [3.8, 4) is 0 Å². The van der Waals surface area contributed by atoms with Gasteiger partial charge in [-0.1, -0.05) is 13.8 Å². The second-order valence-corrected chi connectivity index (χ2v) is 5.95. The highest BCUT2D eigenvalue weighted by Gasteiger charge is 2.34. The highest BCUT2D eigenvalue weighted by atomic mass is 32.2. The van der Waals surface area contributed by atoms with Gasteiger partial charge in [-0.15, -0.1) is 0 Å². The molecular weight excluding hydrogens is 216 g/mol. The van der Waals surface area contributed by atoms with Crippen LogP contribution in [0.25, 0.3) is 0 Å². The number of nitrogens with zero attached hydrogens (tertiary/aromatic N) is 1. The summed E-state index contributed by atoms with van der Waals surface area (Å²) in [4.78, 5) is 2.73. The second kappa shape index (κ2) is 6.87. The average molecular weight is 244 g/mol. The van der Waals surface area contributed by atoms with Crippen molar-refractivity contribution in [2.24, 2.45) is 5.92 Å². The molecule has 1 N–H and O–H groups in total. The molecule has 1 heterocycles. The van der Waals surface area contributed by atoms with E-state index in [1.54, 1.807) is 0 Å². The van der Waals surface area contributed by atoms with E-state index in [0.717, 1.165) is 12.0 Å². The van der Waals surface area contributed by atoms with Crippen LogP contribution in [0.2, 0.25) is 0 Å². The summed E-state index contributed by atoms with van der Waals surface area (Å²) < 4.78 is 0. The first-order valence-electron chi connectivity index (χ1n) is 6.57. The van der Waals surface area contributed by atoms with Crippen molar-refractivity contribution in [1.29, 1.82) is 0 Å². The maximum Gasteiger partial charge on any atom is 0.0186 e. The Bertz CT molecular complexity index is 198. The van der Waals surface area contributed by atoms with Crippen molar-refractivity contribution in [2.75, 3.05) is 25.6 Å². The fourth-order valence-corrected chi connectivity index (χ4v) is 3.77. The fraction of sp³-hybridized carbons (Fsp3) is 1.00. The van der Waals surface area contributed by atoms with Crippen molar-refractivity contribution in [2.45, 2.75) is 51.7 Å². The lowest BCUT2D eigenvalue weighted by Gasteiger charge is -2.46. The molecule has 0 radical (unpaired) electrons. The summed E-state index contributed by atoms with van der Waals surface area (Å²) in [6.45, 7) is 8.37. The maximum atomic E-state index is 3.46. The van der Waals surface area contributed by atoms with Crippen molar-refractivity contribution in [3.05, 3.63) is 0 Å². The average Bonchev–Trinajstić information content (AvgIpc) is 2.30. The van der Waals surface area contributed by atoms with Crippen LogP contribution >= 0.6 is 11.8 Å². The Hall–Kier alpha value is 0.270. The van der Waals surface area contributed by atoms with Gasteiger partial charge in [0.2, 0.25) is 0 Å². The van der Waals surface area contributed by atoms with Crippen LogP contribution < -0.4 is 5.32 Å². The molecule has 4 unspecified atom stereocenters. The molecule has 16 heavy (non-hydrogen) atoms. The van der Waals surface area contributed by atoms with E-state index < -0.39 is 0 Å². The number of rotatable bonds is 5. The number of nitrogens with one attached hydrogen (secondary N) is 1. The first-order chi connectivity index (χ1) is 7.65. The first kappa shape index (κ1) is 14.3. The predicted molar refractivity (Wildman–Crippen MR) is 75.3 cm³/mol.